The summed E-state index contributed by atoms with van der Waals surface area (Å²) in [6.45, 7) is 1.11. The lowest BCUT2D eigenvalue weighted by Gasteiger charge is -2.05. The lowest BCUT2D eigenvalue weighted by Crippen LogP contribution is -2.27. The van der Waals surface area contributed by atoms with Gasteiger partial charge in [-0.2, -0.15) is 5.10 Å². The molecule has 0 saturated carbocycles. The van der Waals surface area contributed by atoms with Gasteiger partial charge in [0.15, 0.2) is 0 Å². The van der Waals surface area contributed by atoms with Crippen molar-refractivity contribution in [3.8, 4) is 11.1 Å². The molecule has 4 aromatic rings. The maximum atomic E-state index is 12.2. The Morgan fingerprint density at radius 3 is 3.12 bits per heavy atom. The molecule has 0 bridgehead atoms. The fourth-order valence-electron chi connectivity index (χ4n) is 2.45. The van der Waals surface area contributed by atoms with Crippen LogP contribution in [0.25, 0.3) is 21.3 Å². The highest BCUT2D eigenvalue weighted by atomic mass is 32.1. The van der Waals surface area contributed by atoms with Crippen molar-refractivity contribution in [2.75, 3.05) is 6.54 Å². The van der Waals surface area contributed by atoms with Gasteiger partial charge in [-0.15, -0.1) is 11.3 Å². The largest absolute Gasteiger partial charge is 0.472 e. The summed E-state index contributed by atoms with van der Waals surface area (Å²) in [5, 5.41) is 7.21. The molecule has 1 N–H and O–H groups in total. The molecule has 120 valence electrons. The second-order valence-corrected chi connectivity index (χ2v) is 6.18. The fraction of sp³-hybridized carbons (Fsp3) is 0.118. The van der Waals surface area contributed by atoms with Crippen molar-refractivity contribution >= 4 is 27.5 Å². The first kappa shape index (κ1) is 14.6. The van der Waals surface area contributed by atoms with Gasteiger partial charge >= 0.3 is 0 Å². The Kier molecular flexibility index (Phi) is 3.84. The summed E-state index contributed by atoms with van der Waals surface area (Å²) in [5.41, 5.74) is 5.32. The highest BCUT2D eigenvalue weighted by molar-refractivity contribution is 7.16. The molecule has 0 aliphatic heterocycles. The number of aromatic nitrogens is 3. The Labute approximate surface area is 141 Å². The number of nitrogens with one attached hydrogen (secondary N) is 1. The molecule has 0 unspecified atom stereocenters. The van der Waals surface area contributed by atoms with Gasteiger partial charge in [0.25, 0.3) is 5.91 Å². The zero-order valence-electron chi connectivity index (χ0n) is 12.7. The van der Waals surface area contributed by atoms with Crippen LogP contribution in [0.1, 0.15) is 10.4 Å². The number of carbonyl (C=O) groups excluding carboxylic acids is 1. The van der Waals surface area contributed by atoms with Gasteiger partial charge < -0.3 is 9.73 Å². The predicted molar refractivity (Wildman–Crippen MR) is 91.9 cm³/mol. The molecular weight excluding hydrogens is 324 g/mol. The maximum Gasteiger partial charge on any atom is 0.251 e. The smallest absolute Gasteiger partial charge is 0.251 e. The van der Waals surface area contributed by atoms with Gasteiger partial charge in [-0.25, -0.2) is 4.98 Å². The van der Waals surface area contributed by atoms with Crippen molar-refractivity contribution in [1.29, 1.82) is 0 Å². The van der Waals surface area contributed by atoms with E-state index in [-0.39, 0.29) is 5.91 Å². The predicted octanol–water partition coefficient (Wildman–Crippen LogP) is 3.18. The number of thiazole rings is 1. The normalized spacial score (nSPS) is 11.0. The molecule has 0 atom stereocenters. The SMILES string of the molecule is O=C(NCCn1cc(-c2ccoc2)cn1)c1ccc2ncsc2c1. The Morgan fingerprint density at radius 2 is 2.25 bits per heavy atom. The van der Waals surface area contributed by atoms with E-state index in [0.717, 1.165) is 21.3 Å². The van der Waals surface area contributed by atoms with Crippen LogP contribution in [0.5, 0.6) is 0 Å². The van der Waals surface area contributed by atoms with Gasteiger partial charge in [-0.3, -0.25) is 9.48 Å². The van der Waals surface area contributed by atoms with E-state index in [1.807, 2.05) is 24.4 Å². The topological polar surface area (TPSA) is 73.0 Å². The van der Waals surface area contributed by atoms with Crippen LogP contribution >= 0.6 is 11.3 Å². The molecule has 0 fully saturated rings. The zero-order valence-corrected chi connectivity index (χ0v) is 13.5. The number of benzene rings is 1. The van der Waals surface area contributed by atoms with Gasteiger partial charge in [0.2, 0.25) is 0 Å². The third-order valence-electron chi connectivity index (χ3n) is 3.71. The monoisotopic (exact) mass is 338 g/mol. The molecular formula is C17H14N4O2S. The van der Waals surface area contributed by atoms with E-state index in [0.29, 0.717) is 18.7 Å². The highest BCUT2D eigenvalue weighted by Crippen LogP contribution is 2.19. The highest BCUT2D eigenvalue weighted by Gasteiger charge is 2.08. The van der Waals surface area contributed by atoms with E-state index < -0.39 is 0 Å². The molecule has 4 rings (SSSR count). The number of fused-ring (bicyclic) bond motifs is 1. The third kappa shape index (κ3) is 2.93. The molecule has 3 heterocycles. The summed E-state index contributed by atoms with van der Waals surface area (Å²) in [7, 11) is 0. The Hall–Kier alpha value is -2.93. The van der Waals surface area contributed by atoms with Crippen molar-refractivity contribution in [2.45, 2.75) is 6.54 Å². The molecule has 0 spiro atoms. The lowest BCUT2D eigenvalue weighted by atomic mass is 10.2. The Morgan fingerprint density at radius 1 is 1.29 bits per heavy atom. The molecule has 24 heavy (non-hydrogen) atoms. The number of carbonyl (C=O) groups is 1. The van der Waals surface area contributed by atoms with Gasteiger partial charge in [0.05, 0.1) is 41.0 Å². The molecule has 1 amide bonds. The summed E-state index contributed by atoms with van der Waals surface area (Å²) in [6, 6.07) is 7.42. The quantitative estimate of drug-likeness (QED) is 0.606. The van der Waals surface area contributed by atoms with Gasteiger partial charge in [-0.05, 0) is 24.3 Å². The molecule has 0 aliphatic carbocycles. The first-order valence-electron chi connectivity index (χ1n) is 7.46. The number of hydrogen-bond acceptors (Lipinski definition) is 5. The number of amides is 1. The van der Waals surface area contributed by atoms with Gasteiger partial charge in [-0.1, -0.05) is 0 Å². The molecule has 1 aromatic carbocycles. The molecule has 6 nitrogen and oxygen atoms in total. The minimum atomic E-state index is -0.0903. The van der Waals surface area contributed by atoms with Crippen LogP contribution in [0.4, 0.5) is 0 Å². The molecule has 3 aromatic heterocycles. The molecule has 0 saturated heterocycles. The van der Waals surface area contributed by atoms with Crippen molar-refractivity contribution in [3.63, 3.8) is 0 Å². The van der Waals surface area contributed by atoms with E-state index in [1.54, 1.807) is 35.0 Å². The molecule has 7 heteroatoms. The van der Waals surface area contributed by atoms with Gasteiger partial charge in [0.1, 0.15) is 0 Å². The van der Waals surface area contributed by atoms with Crippen LogP contribution in [0.2, 0.25) is 0 Å². The average Bonchev–Trinajstić information content (AvgIpc) is 3.34. The standard InChI is InChI=1S/C17H14N4O2S/c22-17(12-1-2-15-16(7-12)24-11-19-15)18-4-5-21-9-14(8-20-21)13-3-6-23-10-13/h1-3,6-11H,4-5H2,(H,18,22). The average molecular weight is 338 g/mol. The molecule has 0 radical (unpaired) electrons. The first-order valence-corrected chi connectivity index (χ1v) is 8.34. The summed E-state index contributed by atoms with van der Waals surface area (Å²) < 4.78 is 7.88. The third-order valence-corrected chi connectivity index (χ3v) is 4.50. The fourth-order valence-corrected chi connectivity index (χ4v) is 3.16. The number of nitrogens with zero attached hydrogens (tertiary/aromatic N) is 3. The van der Waals surface area contributed by atoms with Crippen molar-refractivity contribution in [3.05, 3.63) is 60.3 Å². The van der Waals surface area contributed by atoms with Crippen LogP contribution in [0.3, 0.4) is 0 Å². The lowest BCUT2D eigenvalue weighted by molar-refractivity contribution is 0.0952. The summed E-state index contributed by atoms with van der Waals surface area (Å²) in [6.07, 6.45) is 7.02. The summed E-state index contributed by atoms with van der Waals surface area (Å²) in [5.74, 6) is -0.0903. The van der Waals surface area contributed by atoms with Crippen LogP contribution in [-0.4, -0.2) is 27.2 Å². The van der Waals surface area contributed by atoms with Crippen molar-refractivity contribution in [2.24, 2.45) is 0 Å². The number of rotatable bonds is 5. The van der Waals surface area contributed by atoms with E-state index in [4.69, 9.17) is 4.42 Å². The Balaban J connectivity index is 1.36. The van der Waals surface area contributed by atoms with E-state index in [9.17, 15) is 4.79 Å². The minimum absolute atomic E-state index is 0.0903. The van der Waals surface area contributed by atoms with Crippen LogP contribution < -0.4 is 5.32 Å². The molecule has 0 aliphatic rings. The zero-order chi connectivity index (χ0) is 16.4. The van der Waals surface area contributed by atoms with Crippen molar-refractivity contribution in [1.82, 2.24) is 20.1 Å². The maximum absolute atomic E-state index is 12.2. The summed E-state index contributed by atoms with van der Waals surface area (Å²) in [4.78, 5) is 16.4. The van der Waals surface area contributed by atoms with E-state index in [2.05, 4.69) is 15.4 Å². The second kappa shape index (κ2) is 6.29. The van der Waals surface area contributed by atoms with Crippen LogP contribution in [0.15, 0.2) is 59.1 Å². The van der Waals surface area contributed by atoms with Crippen molar-refractivity contribution < 1.29 is 9.21 Å². The Bertz CT molecular complexity index is 971. The second-order valence-electron chi connectivity index (χ2n) is 5.29. The van der Waals surface area contributed by atoms with E-state index in [1.165, 1.54) is 11.3 Å². The number of hydrogen-bond donors (Lipinski definition) is 1. The van der Waals surface area contributed by atoms with Gasteiger partial charge in [0, 0.05) is 29.4 Å². The summed E-state index contributed by atoms with van der Waals surface area (Å²) >= 11 is 1.53. The first-order chi connectivity index (χ1) is 11.8. The number of furan rings is 1. The van der Waals surface area contributed by atoms with Crippen LogP contribution in [-0.2, 0) is 6.54 Å². The van der Waals surface area contributed by atoms with Crippen LogP contribution in [0, 0.1) is 0 Å². The van der Waals surface area contributed by atoms with E-state index >= 15 is 0 Å². The minimum Gasteiger partial charge on any atom is -0.472 e.